The minimum atomic E-state index is -0.545. The maximum absolute atomic E-state index is 12.6. The Labute approximate surface area is 244 Å². The zero-order chi connectivity index (χ0) is 28.9. The summed E-state index contributed by atoms with van der Waals surface area (Å²) in [4.78, 5) is 26.1. The molecule has 0 bridgehead atoms. The molecular formula is C33H47N3O5. The van der Waals surface area contributed by atoms with Gasteiger partial charge in [0.05, 0.1) is 18.8 Å². The number of aliphatic hydroxyl groups is 1. The zero-order valence-corrected chi connectivity index (χ0v) is 24.5. The standard InChI is InChI=1S/C33H47N3O5/c1-25(38)34-18-7-5-6-13-32(39)35-29-12-10-11-28(21-29)33-40-30(23-36-19-8-3-2-4-9-20-36)22-31(41-33)27-16-14-26(24-37)15-17-27/h10-12,14-17,21,30-31,33,37H,2-9,13,18-20,22-24H2,1H3,(H,34,38)(H,35,39). The van der Waals surface area contributed by atoms with Crippen molar-refractivity contribution < 1.29 is 24.2 Å². The third-order valence-electron chi connectivity index (χ3n) is 7.92. The highest BCUT2D eigenvalue weighted by Crippen LogP contribution is 2.38. The number of rotatable bonds is 12. The highest BCUT2D eigenvalue weighted by Gasteiger charge is 2.33. The van der Waals surface area contributed by atoms with Crippen LogP contribution in [0.25, 0.3) is 0 Å². The smallest absolute Gasteiger partial charge is 0.224 e. The van der Waals surface area contributed by atoms with Gasteiger partial charge in [-0.25, -0.2) is 0 Å². The lowest BCUT2D eigenvalue weighted by Crippen LogP contribution is -2.40. The topological polar surface area (TPSA) is 100 Å². The number of nitrogens with zero attached hydrogens (tertiary/aromatic N) is 1. The van der Waals surface area contributed by atoms with E-state index in [0.717, 1.165) is 67.7 Å². The third-order valence-corrected chi connectivity index (χ3v) is 7.92. The summed E-state index contributed by atoms with van der Waals surface area (Å²) in [6.07, 6.45) is 9.46. The predicted octanol–water partition coefficient (Wildman–Crippen LogP) is 5.63. The molecule has 0 aromatic heterocycles. The van der Waals surface area contributed by atoms with E-state index in [1.165, 1.54) is 39.0 Å². The summed E-state index contributed by atoms with van der Waals surface area (Å²) in [5.41, 5.74) is 3.57. The van der Waals surface area contributed by atoms with Crippen LogP contribution in [0.1, 0.15) is 100 Å². The van der Waals surface area contributed by atoms with Crippen molar-refractivity contribution in [3.05, 3.63) is 65.2 Å². The van der Waals surface area contributed by atoms with Gasteiger partial charge in [0.15, 0.2) is 6.29 Å². The summed E-state index contributed by atoms with van der Waals surface area (Å²) < 4.78 is 13.1. The molecule has 0 saturated carbocycles. The van der Waals surface area contributed by atoms with Crippen molar-refractivity contribution in [3.63, 3.8) is 0 Å². The molecule has 2 heterocycles. The molecule has 2 aliphatic heterocycles. The van der Waals surface area contributed by atoms with Crippen molar-refractivity contribution in [2.75, 3.05) is 31.5 Å². The molecule has 2 fully saturated rings. The Bertz CT molecular complexity index is 1080. The van der Waals surface area contributed by atoms with Gasteiger partial charge in [-0.3, -0.25) is 9.59 Å². The molecule has 2 amide bonds. The number of amides is 2. The van der Waals surface area contributed by atoms with E-state index in [9.17, 15) is 14.7 Å². The molecule has 2 aliphatic rings. The normalized spacial score (nSPS) is 22.0. The van der Waals surface area contributed by atoms with Crippen LogP contribution in [0, 0.1) is 0 Å². The Morgan fingerprint density at radius 2 is 1.68 bits per heavy atom. The first-order valence-electron chi connectivity index (χ1n) is 15.4. The minimum Gasteiger partial charge on any atom is -0.392 e. The lowest BCUT2D eigenvalue weighted by atomic mass is 9.99. The molecule has 2 aromatic carbocycles. The lowest BCUT2D eigenvalue weighted by Gasteiger charge is -2.39. The first-order valence-corrected chi connectivity index (χ1v) is 15.4. The van der Waals surface area contributed by atoms with E-state index in [1.54, 1.807) is 0 Å². The number of benzene rings is 2. The average molecular weight is 566 g/mol. The van der Waals surface area contributed by atoms with Crippen molar-refractivity contribution >= 4 is 17.5 Å². The minimum absolute atomic E-state index is 0.0186. The molecule has 0 spiro atoms. The Morgan fingerprint density at radius 3 is 2.41 bits per heavy atom. The number of aliphatic hydroxyl groups excluding tert-OH is 1. The Hall–Kier alpha value is -2.78. The number of hydrogen-bond acceptors (Lipinski definition) is 6. The highest BCUT2D eigenvalue weighted by atomic mass is 16.7. The van der Waals surface area contributed by atoms with Gasteiger partial charge in [0.2, 0.25) is 11.8 Å². The number of likely N-dealkylation sites (tertiary alicyclic amines) is 1. The molecule has 2 aromatic rings. The maximum Gasteiger partial charge on any atom is 0.224 e. The number of hydrogen-bond donors (Lipinski definition) is 3. The molecule has 0 aliphatic carbocycles. The molecule has 41 heavy (non-hydrogen) atoms. The van der Waals surface area contributed by atoms with Crippen LogP contribution in [-0.4, -0.2) is 54.1 Å². The number of nitrogens with one attached hydrogen (secondary N) is 2. The lowest BCUT2D eigenvalue weighted by molar-refractivity contribution is -0.253. The summed E-state index contributed by atoms with van der Waals surface area (Å²) >= 11 is 0. The molecule has 224 valence electrons. The Morgan fingerprint density at radius 1 is 0.927 bits per heavy atom. The largest absolute Gasteiger partial charge is 0.392 e. The second-order valence-electron chi connectivity index (χ2n) is 11.4. The van der Waals surface area contributed by atoms with Crippen molar-refractivity contribution in [1.29, 1.82) is 0 Å². The molecule has 4 rings (SSSR count). The van der Waals surface area contributed by atoms with Crippen LogP contribution < -0.4 is 10.6 Å². The van der Waals surface area contributed by atoms with Crippen LogP contribution in [0.4, 0.5) is 5.69 Å². The van der Waals surface area contributed by atoms with E-state index >= 15 is 0 Å². The van der Waals surface area contributed by atoms with E-state index < -0.39 is 6.29 Å². The number of ether oxygens (including phenoxy) is 2. The Balaban J connectivity index is 1.40. The van der Waals surface area contributed by atoms with E-state index in [-0.39, 0.29) is 30.6 Å². The monoisotopic (exact) mass is 565 g/mol. The summed E-state index contributed by atoms with van der Waals surface area (Å²) in [6, 6.07) is 15.7. The van der Waals surface area contributed by atoms with Crippen LogP contribution in [0.3, 0.4) is 0 Å². The molecule has 8 heteroatoms. The van der Waals surface area contributed by atoms with Crippen molar-refractivity contribution in [3.8, 4) is 0 Å². The average Bonchev–Trinajstić information content (AvgIpc) is 2.96. The molecule has 2 saturated heterocycles. The first kappa shape index (κ1) is 31.2. The number of unbranched alkanes of at least 4 members (excludes halogenated alkanes) is 2. The van der Waals surface area contributed by atoms with Crippen LogP contribution >= 0.6 is 0 Å². The van der Waals surface area contributed by atoms with Crippen molar-refractivity contribution in [2.24, 2.45) is 0 Å². The SMILES string of the molecule is CC(=O)NCCCCCC(=O)Nc1cccc(C2OC(CN3CCCCCCC3)CC(c3ccc(CO)cc3)O2)c1. The number of anilines is 1. The van der Waals surface area contributed by atoms with E-state index in [1.807, 2.05) is 48.5 Å². The van der Waals surface area contributed by atoms with Gasteiger partial charge < -0.3 is 30.1 Å². The third kappa shape index (κ3) is 10.5. The summed E-state index contributed by atoms with van der Waals surface area (Å²) in [7, 11) is 0. The van der Waals surface area contributed by atoms with Gasteiger partial charge in [-0.05, 0) is 62.0 Å². The van der Waals surface area contributed by atoms with Gasteiger partial charge in [-0.2, -0.15) is 0 Å². The fourth-order valence-electron chi connectivity index (χ4n) is 5.65. The molecule has 8 nitrogen and oxygen atoms in total. The fraction of sp³-hybridized carbons (Fsp3) is 0.576. The van der Waals surface area contributed by atoms with Crippen LogP contribution in [0.2, 0.25) is 0 Å². The number of carbonyl (C=O) groups excluding carboxylic acids is 2. The quantitative estimate of drug-likeness (QED) is 0.289. The fourth-order valence-corrected chi connectivity index (χ4v) is 5.65. The van der Waals surface area contributed by atoms with Gasteiger partial charge in [0.1, 0.15) is 0 Å². The van der Waals surface area contributed by atoms with Gasteiger partial charge in [-0.1, -0.05) is 62.1 Å². The summed E-state index contributed by atoms with van der Waals surface area (Å²) in [5, 5.41) is 15.3. The second kappa shape index (κ2) is 16.6. The molecule has 3 atom stereocenters. The van der Waals surface area contributed by atoms with Crippen molar-refractivity contribution in [2.45, 2.75) is 96.2 Å². The second-order valence-corrected chi connectivity index (χ2v) is 11.4. The van der Waals surface area contributed by atoms with Crippen LogP contribution in [-0.2, 0) is 25.7 Å². The summed E-state index contributed by atoms with van der Waals surface area (Å²) in [6.45, 7) is 5.27. The summed E-state index contributed by atoms with van der Waals surface area (Å²) in [5.74, 6) is -0.0490. The number of carbonyl (C=O) groups is 2. The van der Waals surface area contributed by atoms with E-state index in [0.29, 0.717) is 13.0 Å². The molecule has 3 unspecified atom stereocenters. The van der Waals surface area contributed by atoms with E-state index in [2.05, 4.69) is 15.5 Å². The van der Waals surface area contributed by atoms with Gasteiger partial charge >= 0.3 is 0 Å². The zero-order valence-electron chi connectivity index (χ0n) is 24.5. The predicted molar refractivity (Wildman–Crippen MR) is 160 cm³/mol. The van der Waals surface area contributed by atoms with Gasteiger partial charge in [-0.15, -0.1) is 0 Å². The maximum atomic E-state index is 12.6. The Kier molecular flexibility index (Phi) is 12.6. The van der Waals surface area contributed by atoms with Gasteiger partial charge in [0.25, 0.3) is 0 Å². The van der Waals surface area contributed by atoms with Crippen molar-refractivity contribution in [1.82, 2.24) is 10.2 Å². The molecular weight excluding hydrogens is 518 g/mol. The first-order chi connectivity index (χ1) is 20.0. The van der Waals surface area contributed by atoms with Crippen LogP contribution in [0.15, 0.2) is 48.5 Å². The molecule has 3 N–H and O–H groups in total. The van der Waals surface area contributed by atoms with E-state index in [4.69, 9.17) is 9.47 Å². The van der Waals surface area contributed by atoms with Gasteiger partial charge in [0, 0.05) is 44.1 Å². The highest BCUT2D eigenvalue weighted by molar-refractivity contribution is 5.90. The van der Waals surface area contributed by atoms with Crippen LogP contribution in [0.5, 0.6) is 0 Å². The molecule has 0 radical (unpaired) electrons.